The molecule has 5 nitrogen and oxygen atoms in total. The van der Waals surface area contributed by atoms with Crippen LogP contribution < -0.4 is 4.90 Å². The van der Waals surface area contributed by atoms with Crippen molar-refractivity contribution in [3.05, 3.63) is 65.7 Å². The van der Waals surface area contributed by atoms with E-state index in [9.17, 15) is 9.59 Å². The summed E-state index contributed by atoms with van der Waals surface area (Å²) in [5.41, 5.74) is 3.19. The summed E-state index contributed by atoms with van der Waals surface area (Å²) in [6, 6.07) is 17.9. The van der Waals surface area contributed by atoms with Crippen molar-refractivity contribution in [2.75, 3.05) is 45.3 Å². The molecule has 1 saturated heterocycles. The second-order valence-corrected chi connectivity index (χ2v) is 8.14. The smallest absolute Gasteiger partial charge is 0.179 e. The maximum absolute atomic E-state index is 12.2. The molecule has 31 heavy (non-hydrogen) atoms. The molecule has 0 bridgehead atoms. The first kappa shape index (κ1) is 24.8. The van der Waals surface area contributed by atoms with Crippen LogP contribution >= 0.6 is 0 Å². The van der Waals surface area contributed by atoms with Crippen LogP contribution in [0.5, 0.6) is 0 Å². The predicted octanol–water partition coefficient (Wildman–Crippen LogP) is 4.11. The summed E-state index contributed by atoms with van der Waals surface area (Å²) >= 11 is 0. The molecule has 2 atom stereocenters. The van der Waals surface area contributed by atoms with E-state index in [-0.39, 0.29) is 17.7 Å². The van der Waals surface area contributed by atoms with Gasteiger partial charge in [0.25, 0.3) is 0 Å². The number of likely N-dealkylation sites (N-methyl/N-ethyl adjacent to an activating group) is 1. The summed E-state index contributed by atoms with van der Waals surface area (Å²) in [7, 11) is 3.84. The molecular formula is C26H36N2O3. The maximum atomic E-state index is 12.2. The number of Topliss-reactive ketones (excluding diaryl/α,β-unsaturated/α-hetero) is 1. The Morgan fingerprint density at radius 2 is 1.68 bits per heavy atom. The predicted molar refractivity (Wildman–Crippen MR) is 127 cm³/mol. The van der Waals surface area contributed by atoms with Crippen molar-refractivity contribution in [2.24, 2.45) is 5.92 Å². The van der Waals surface area contributed by atoms with E-state index in [0.29, 0.717) is 0 Å². The molecule has 5 heteroatoms. The summed E-state index contributed by atoms with van der Waals surface area (Å²) < 4.78 is 5.34. The van der Waals surface area contributed by atoms with Gasteiger partial charge in [-0.15, -0.1) is 0 Å². The maximum Gasteiger partial charge on any atom is 0.179 e. The first-order valence-electron chi connectivity index (χ1n) is 11.1. The van der Waals surface area contributed by atoms with Crippen molar-refractivity contribution < 1.29 is 14.3 Å². The highest BCUT2D eigenvalue weighted by Gasteiger charge is 2.17. The first-order chi connectivity index (χ1) is 15.0. The highest BCUT2D eigenvalue weighted by Crippen LogP contribution is 2.18. The molecule has 1 aliphatic rings. The lowest BCUT2D eigenvalue weighted by atomic mass is 9.99. The normalized spacial score (nSPS) is 15.6. The van der Waals surface area contributed by atoms with Gasteiger partial charge < -0.3 is 14.4 Å². The number of carbonyl (C=O) groups excluding carboxylic acids is 2. The Morgan fingerprint density at radius 3 is 2.19 bits per heavy atom. The van der Waals surface area contributed by atoms with Gasteiger partial charge in [0.1, 0.15) is 6.29 Å². The van der Waals surface area contributed by atoms with Crippen LogP contribution in [0.1, 0.15) is 36.2 Å². The Morgan fingerprint density at radius 1 is 1.06 bits per heavy atom. The van der Waals surface area contributed by atoms with Crippen LogP contribution in [0.2, 0.25) is 0 Å². The number of morpholine rings is 1. The Balaban J connectivity index is 0.000000245. The van der Waals surface area contributed by atoms with Crippen LogP contribution in [-0.4, -0.2) is 63.4 Å². The molecule has 168 valence electrons. The Labute approximate surface area is 187 Å². The molecule has 0 saturated carbocycles. The molecule has 0 spiro atoms. The van der Waals surface area contributed by atoms with Crippen molar-refractivity contribution in [3.8, 4) is 0 Å². The summed E-state index contributed by atoms with van der Waals surface area (Å²) in [5.74, 6) is 0.353. The van der Waals surface area contributed by atoms with Crippen molar-refractivity contribution in [3.63, 3.8) is 0 Å². The number of nitrogens with zero attached hydrogens (tertiary/aromatic N) is 2. The Bertz CT molecular complexity index is 784. The number of benzene rings is 2. The minimum Gasteiger partial charge on any atom is -0.378 e. The lowest BCUT2D eigenvalue weighted by Crippen LogP contribution is -2.36. The van der Waals surface area contributed by atoms with Crippen LogP contribution in [-0.2, 0) is 16.0 Å². The summed E-state index contributed by atoms with van der Waals surface area (Å²) in [6.45, 7) is 7.36. The number of ketones is 1. The van der Waals surface area contributed by atoms with Gasteiger partial charge in [0.15, 0.2) is 5.78 Å². The number of aldehydes is 1. The van der Waals surface area contributed by atoms with E-state index in [0.717, 1.165) is 56.7 Å². The fourth-order valence-corrected chi connectivity index (χ4v) is 3.34. The van der Waals surface area contributed by atoms with E-state index in [4.69, 9.17) is 4.74 Å². The standard InChI is InChI=1S/C15H22N2O2.C11H14O/c1-12(16(2)3)15(18)13-4-6-14(7-5-13)17-8-10-19-11-9-17;1-2-10(9-12)8-11-6-4-3-5-7-11/h4-7,12H,8-11H2,1-3H3;3-7,9-10H,2,8H2,1H3. The average molecular weight is 425 g/mol. The first-order valence-corrected chi connectivity index (χ1v) is 11.1. The van der Waals surface area contributed by atoms with Crippen LogP contribution in [0.15, 0.2) is 54.6 Å². The van der Waals surface area contributed by atoms with E-state index in [1.54, 1.807) is 0 Å². The van der Waals surface area contributed by atoms with Gasteiger partial charge in [-0.3, -0.25) is 9.69 Å². The molecular weight excluding hydrogens is 388 g/mol. The number of anilines is 1. The van der Waals surface area contributed by atoms with E-state index >= 15 is 0 Å². The molecule has 0 radical (unpaired) electrons. The fourth-order valence-electron chi connectivity index (χ4n) is 3.34. The summed E-state index contributed by atoms with van der Waals surface area (Å²) in [6.07, 6.45) is 2.85. The zero-order chi connectivity index (χ0) is 22.6. The topological polar surface area (TPSA) is 49.9 Å². The third-order valence-corrected chi connectivity index (χ3v) is 5.74. The van der Waals surface area contributed by atoms with E-state index in [1.165, 1.54) is 5.56 Å². The van der Waals surface area contributed by atoms with Crippen molar-refractivity contribution in [2.45, 2.75) is 32.7 Å². The fraction of sp³-hybridized carbons (Fsp3) is 0.462. The van der Waals surface area contributed by atoms with E-state index < -0.39 is 0 Å². The van der Waals surface area contributed by atoms with Crippen LogP contribution in [0.3, 0.4) is 0 Å². The lowest BCUT2D eigenvalue weighted by molar-refractivity contribution is -0.111. The van der Waals surface area contributed by atoms with Crippen molar-refractivity contribution >= 4 is 17.8 Å². The molecule has 1 fully saturated rings. The number of hydrogen-bond acceptors (Lipinski definition) is 5. The van der Waals surface area contributed by atoms with Gasteiger partial charge in [0.2, 0.25) is 0 Å². The van der Waals surface area contributed by atoms with Crippen LogP contribution in [0, 0.1) is 5.92 Å². The van der Waals surface area contributed by atoms with Gasteiger partial charge >= 0.3 is 0 Å². The average Bonchev–Trinajstić information content (AvgIpc) is 2.83. The van der Waals surface area contributed by atoms with Crippen molar-refractivity contribution in [1.82, 2.24) is 4.90 Å². The molecule has 0 aliphatic carbocycles. The molecule has 0 amide bonds. The number of ether oxygens (including phenoxy) is 1. The molecule has 0 N–H and O–H groups in total. The minimum atomic E-state index is -0.0887. The summed E-state index contributed by atoms with van der Waals surface area (Å²) in [5, 5.41) is 0. The van der Waals surface area contributed by atoms with Gasteiger partial charge in [-0.1, -0.05) is 37.3 Å². The van der Waals surface area contributed by atoms with E-state index in [2.05, 4.69) is 17.0 Å². The quantitative estimate of drug-likeness (QED) is 0.471. The molecule has 0 aromatic heterocycles. The molecule has 3 rings (SSSR count). The monoisotopic (exact) mass is 424 g/mol. The van der Waals surface area contributed by atoms with E-state index in [1.807, 2.05) is 75.3 Å². The highest BCUT2D eigenvalue weighted by molar-refractivity contribution is 6.00. The lowest BCUT2D eigenvalue weighted by Gasteiger charge is -2.29. The molecule has 1 heterocycles. The Kier molecular flexibility index (Phi) is 10.4. The SMILES string of the molecule is CC(C(=O)c1ccc(N2CCOCC2)cc1)N(C)C.CCC(C=O)Cc1ccccc1. The Hall–Kier alpha value is -2.50. The second-order valence-electron chi connectivity index (χ2n) is 8.14. The third kappa shape index (κ3) is 7.93. The molecule has 2 aromatic rings. The highest BCUT2D eigenvalue weighted by atomic mass is 16.5. The van der Waals surface area contributed by atoms with Gasteiger partial charge in [0, 0.05) is 30.3 Å². The number of carbonyl (C=O) groups is 2. The third-order valence-electron chi connectivity index (χ3n) is 5.74. The number of rotatable bonds is 8. The molecule has 1 aliphatic heterocycles. The van der Waals surface area contributed by atoms with Gasteiger partial charge in [-0.25, -0.2) is 0 Å². The second kappa shape index (κ2) is 13.0. The van der Waals surface area contributed by atoms with Gasteiger partial charge in [-0.2, -0.15) is 0 Å². The van der Waals surface area contributed by atoms with Gasteiger partial charge in [0.05, 0.1) is 19.3 Å². The summed E-state index contributed by atoms with van der Waals surface area (Å²) in [4.78, 5) is 27.0. The van der Waals surface area contributed by atoms with Crippen molar-refractivity contribution in [1.29, 1.82) is 0 Å². The zero-order valence-electron chi connectivity index (χ0n) is 19.3. The van der Waals surface area contributed by atoms with Gasteiger partial charge in [-0.05, 0) is 63.7 Å². The zero-order valence-corrected chi connectivity index (χ0v) is 19.3. The van der Waals surface area contributed by atoms with Crippen LogP contribution in [0.25, 0.3) is 0 Å². The minimum absolute atomic E-state index is 0.0887. The largest absolute Gasteiger partial charge is 0.378 e. The molecule has 2 unspecified atom stereocenters. The van der Waals surface area contributed by atoms with Crippen LogP contribution in [0.4, 0.5) is 5.69 Å². The molecule has 2 aromatic carbocycles. The number of hydrogen-bond donors (Lipinski definition) is 0.